The summed E-state index contributed by atoms with van der Waals surface area (Å²) in [6.45, 7) is 0. The number of carbonyl (C=O) groups is 1. The number of aromatic nitrogens is 1. The first-order valence-corrected chi connectivity index (χ1v) is 11.5. The van der Waals surface area contributed by atoms with Crippen LogP contribution in [0, 0.1) is 0 Å². The van der Waals surface area contributed by atoms with Gasteiger partial charge in [0.2, 0.25) is 5.78 Å². The molecule has 0 aliphatic carbocycles. The van der Waals surface area contributed by atoms with Gasteiger partial charge < -0.3 is 10.8 Å². The number of phenolic OH excluding ortho intramolecular Hbond substituents is 1. The number of carbonyl (C=O) groups excluding carboxylic acids is 1. The van der Waals surface area contributed by atoms with Gasteiger partial charge in [-0.15, -0.1) is 22.7 Å². The standard InChI is InChI=1S/C24H15ClN2O2S2/c25-18-4-2-1-3-16(18)22(29)23-21(17-10-9-15(28)11-19(17)31-23)13-5-7-14(8-6-13)24-27-20(26)12-30-24/h1-12,28H,26H2. The Morgan fingerprint density at radius 3 is 2.45 bits per heavy atom. The number of nitrogens with zero attached hydrogens (tertiary/aromatic N) is 1. The minimum Gasteiger partial charge on any atom is -0.508 e. The quantitative estimate of drug-likeness (QED) is 0.286. The highest BCUT2D eigenvalue weighted by molar-refractivity contribution is 7.21. The second kappa shape index (κ2) is 7.81. The molecule has 5 aromatic rings. The number of ketones is 1. The molecule has 0 aliphatic rings. The van der Waals surface area contributed by atoms with Gasteiger partial charge in [-0.25, -0.2) is 4.98 Å². The minimum absolute atomic E-state index is 0.141. The van der Waals surface area contributed by atoms with Crippen molar-refractivity contribution in [1.82, 2.24) is 4.98 Å². The number of fused-ring (bicyclic) bond motifs is 1. The van der Waals surface area contributed by atoms with Crippen molar-refractivity contribution in [1.29, 1.82) is 0 Å². The summed E-state index contributed by atoms with van der Waals surface area (Å²) in [5.74, 6) is 0.521. The molecule has 0 aliphatic heterocycles. The lowest BCUT2D eigenvalue weighted by atomic mass is 9.97. The van der Waals surface area contributed by atoms with Crippen LogP contribution < -0.4 is 5.73 Å². The van der Waals surface area contributed by atoms with Crippen LogP contribution in [-0.2, 0) is 0 Å². The van der Waals surface area contributed by atoms with Crippen LogP contribution >= 0.6 is 34.3 Å². The fraction of sp³-hybridized carbons (Fsp3) is 0. The lowest BCUT2D eigenvalue weighted by molar-refractivity contribution is 0.104. The summed E-state index contributed by atoms with van der Waals surface area (Å²) < 4.78 is 0.835. The van der Waals surface area contributed by atoms with Crippen molar-refractivity contribution in [2.45, 2.75) is 0 Å². The highest BCUT2D eigenvalue weighted by Crippen LogP contribution is 2.42. The van der Waals surface area contributed by atoms with E-state index in [2.05, 4.69) is 4.98 Å². The number of nitrogen functional groups attached to an aromatic ring is 1. The van der Waals surface area contributed by atoms with E-state index >= 15 is 0 Å². The van der Waals surface area contributed by atoms with Gasteiger partial charge in [-0.05, 0) is 35.9 Å². The summed E-state index contributed by atoms with van der Waals surface area (Å²) in [5.41, 5.74) is 8.90. The molecule has 0 amide bonds. The average Bonchev–Trinajstić information content (AvgIpc) is 3.37. The molecule has 0 fully saturated rings. The van der Waals surface area contributed by atoms with Crippen molar-refractivity contribution in [3.8, 4) is 27.4 Å². The molecular weight excluding hydrogens is 448 g/mol. The number of aromatic hydroxyl groups is 1. The molecule has 0 radical (unpaired) electrons. The summed E-state index contributed by atoms with van der Waals surface area (Å²) in [4.78, 5) is 18.4. The van der Waals surface area contributed by atoms with Gasteiger partial charge in [0.1, 0.15) is 16.6 Å². The lowest BCUT2D eigenvalue weighted by Crippen LogP contribution is -2.01. The first-order valence-electron chi connectivity index (χ1n) is 9.38. The molecule has 0 saturated carbocycles. The Labute approximate surface area is 191 Å². The first kappa shape index (κ1) is 19.8. The highest BCUT2D eigenvalue weighted by atomic mass is 35.5. The number of anilines is 1. The smallest absolute Gasteiger partial charge is 0.205 e. The summed E-state index contributed by atoms with van der Waals surface area (Å²) in [7, 11) is 0. The Hall–Kier alpha value is -3.19. The molecule has 0 bridgehead atoms. The van der Waals surface area contributed by atoms with E-state index in [-0.39, 0.29) is 11.5 Å². The topological polar surface area (TPSA) is 76.2 Å². The van der Waals surface area contributed by atoms with Crippen LogP contribution in [0.3, 0.4) is 0 Å². The molecule has 2 aromatic heterocycles. The van der Waals surface area contributed by atoms with Crippen molar-refractivity contribution in [2.75, 3.05) is 5.73 Å². The number of halogens is 1. The summed E-state index contributed by atoms with van der Waals surface area (Å²) in [6.07, 6.45) is 0. The van der Waals surface area contributed by atoms with Crippen LogP contribution in [-0.4, -0.2) is 15.9 Å². The van der Waals surface area contributed by atoms with Gasteiger partial charge in [0.25, 0.3) is 0 Å². The summed E-state index contributed by atoms with van der Waals surface area (Å²) in [5, 5.41) is 13.9. The molecule has 152 valence electrons. The fourth-order valence-electron chi connectivity index (χ4n) is 3.50. The summed E-state index contributed by atoms with van der Waals surface area (Å²) >= 11 is 9.15. The van der Waals surface area contributed by atoms with Gasteiger partial charge in [-0.2, -0.15) is 0 Å². The maximum atomic E-state index is 13.4. The van der Waals surface area contributed by atoms with Crippen LogP contribution in [0.15, 0.2) is 72.1 Å². The Morgan fingerprint density at radius 1 is 1.00 bits per heavy atom. The third-order valence-electron chi connectivity index (χ3n) is 4.94. The van der Waals surface area contributed by atoms with Crippen molar-refractivity contribution >= 4 is 56.0 Å². The van der Waals surface area contributed by atoms with Gasteiger partial charge in [0, 0.05) is 32.2 Å². The van der Waals surface area contributed by atoms with Crippen LogP contribution in [0.2, 0.25) is 5.02 Å². The number of thiazole rings is 1. The van der Waals surface area contributed by atoms with Crippen LogP contribution in [0.4, 0.5) is 5.82 Å². The zero-order valence-electron chi connectivity index (χ0n) is 16.0. The molecule has 3 aromatic carbocycles. The molecule has 3 N–H and O–H groups in total. The van der Waals surface area contributed by atoms with Crippen molar-refractivity contribution in [2.24, 2.45) is 0 Å². The fourth-order valence-corrected chi connectivity index (χ4v) is 5.65. The van der Waals surface area contributed by atoms with E-state index in [1.54, 1.807) is 36.4 Å². The monoisotopic (exact) mass is 462 g/mol. The van der Waals surface area contributed by atoms with E-state index in [9.17, 15) is 9.90 Å². The van der Waals surface area contributed by atoms with Crippen LogP contribution in [0.5, 0.6) is 5.75 Å². The normalized spacial score (nSPS) is 11.1. The van der Waals surface area contributed by atoms with E-state index in [1.165, 1.54) is 22.7 Å². The molecule has 31 heavy (non-hydrogen) atoms. The molecule has 0 saturated heterocycles. The van der Waals surface area contributed by atoms with E-state index in [0.29, 0.717) is 21.3 Å². The highest BCUT2D eigenvalue weighted by Gasteiger charge is 2.23. The molecule has 5 rings (SSSR count). The number of hydrogen-bond donors (Lipinski definition) is 2. The maximum absolute atomic E-state index is 13.4. The lowest BCUT2D eigenvalue weighted by Gasteiger charge is -2.07. The van der Waals surface area contributed by atoms with Gasteiger partial charge >= 0.3 is 0 Å². The number of thiophene rings is 1. The molecule has 0 unspecified atom stereocenters. The zero-order chi connectivity index (χ0) is 21.5. The van der Waals surface area contributed by atoms with Crippen molar-refractivity contribution < 1.29 is 9.90 Å². The van der Waals surface area contributed by atoms with E-state index < -0.39 is 0 Å². The second-order valence-corrected chi connectivity index (χ2v) is 9.27. The molecule has 0 spiro atoms. The SMILES string of the molecule is Nc1csc(-c2ccc(-c3c(C(=O)c4ccccc4Cl)sc4cc(O)ccc34)cc2)n1. The van der Waals surface area contributed by atoms with Gasteiger partial charge in [-0.1, -0.05) is 48.0 Å². The Bertz CT molecular complexity index is 1440. The number of rotatable bonds is 4. The van der Waals surface area contributed by atoms with E-state index in [4.69, 9.17) is 17.3 Å². The number of hydrogen-bond acceptors (Lipinski definition) is 6. The van der Waals surface area contributed by atoms with Gasteiger partial charge in [0.15, 0.2) is 0 Å². The van der Waals surface area contributed by atoms with Crippen LogP contribution in [0.1, 0.15) is 15.2 Å². The van der Waals surface area contributed by atoms with Gasteiger partial charge in [-0.3, -0.25) is 4.79 Å². The third kappa shape index (κ3) is 3.59. The van der Waals surface area contributed by atoms with Crippen molar-refractivity contribution in [3.05, 3.63) is 87.6 Å². The number of phenols is 1. The molecule has 7 heteroatoms. The third-order valence-corrected chi connectivity index (χ3v) is 7.33. The van der Waals surface area contributed by atoms with E-state index in [0.717, 1.165) is 31.8 Å². The largest absolute Gasteiger partial charge is 0.508 e. The zero-order valence-corrected chi connectivity index (χ0v) is 18.4. The van der Waals surface area contributed by atoms with Crippen molar-refractivity contribution in [3.63, 3.8) is 0 Å². The predicted octanol–water partition coefficient (Wildman–Crippen LogP) is 6.86. The second-order valence-electron chi connectivity index (χ2n) is 6.95. The maximum Gasteiger partial charge on any atom is 0.205 e. The van der Waals surface area contributed by atoms with Gasteiger partial charge in [0.05, 0.1) is 9.90 Å². The first-order chi connectivity index (χ1) is 15.0. The number of nitrogens with two attached hydrogens (primary N) is 1. The molecule has 4 nitrogen and oxygen atoms in total. The Morgan fingerprint density at radius 2 is 1.74 bits per heavy atom. The van der Waals surface area contributed by atoms with Crippen LogP contribution in [0.25, 0.3) is 31.8 Å². The number of benzene rings is 3. The summed E-state index contributed by atoms with van der Waals surface area (Å²) in [6, 6.07) is 20.1. The molecular formula is C24H15ClN2O2S2. The molecule has 2 heterocycles. The van der Waals surface area contributed by atoms with E-state index in [1.807, 2.05) is 35.7 Å². The molecule has 0 atom stereocenters. The average molecular weight is 463 g/mol. The Kier molecular flexibility index (Phi) is 4.98. The minimum atomic E-state index is -0.141. The predicted molar refractivity (Wildman–Crippen MR) is 129 cm³/mol. The Balaban J connectivity index is 1.68.